The fraction of sp³-hybridized carbons (Fsp3) is 0.667. The number of guanidine groups is 1. The second-order valence-electron chi connectivity index (χ2n) is 4.56. The zero-order valence-corrected chi connectivity index (χ0v) is 10.8. The Kier molecular flexibility index (Phi) is 4.58. The maximum atomic E-state index is 5.87. The van der Waals surface area contributed by atoms with Crippen molar-refractivity contribution in [3.05, 3.63) is 12.4 Å². The molecule has 1 aromatic rings. The first kappa shape index (κ1) is 12.9. The highest BCUT2D eigenvalue weighted by Crippen LogP contribution is 2.20. The number of ether oxygens (including phenoxy) is 1. The van der Waals surface area contributed by atoms with Crippen LogP contribution in [0.2, 0.25) is 0 Å². The highest BCUT2D eigenvalue weighted by atomic mass is 16.5. The molecule has 1 saturated carbocycles. The lowest BCUT2D eigenvalue weighted by molar-refractivity contribution is 0.183. The van der Waals surface area contributed by atoms with Gasteiger partial charge in [-0.05, 0) is 12.8 Å². The van der Waals surface area contributed by atoms with Gasteiger partial charge in [0.05, 0.1) is 31.1 Å². The zero-order chi connectivity index (χ0) is 12.8. The van der Waals surface area contributed by atoms with Crippen LogP contribution in [0.25, 0.3) is 0 Å². The number of hydrogen-bond acceptors (Lipinski definition) is 3. The van der Waals surface area contributed by atoms with Crippen LogP contribution in [0, 0.1) is 0 Å². The fourth-order valence-electron chi connectivity index (χ4n) is 2.15. The molecule has 0 saturated heterocycles. The predicted octanol–water partition coefficient (Wildman–Crippen LogP) is 1.20. The Morgan fingerprint density at radius 3 is 3.11 bits per heavy atom. The Hall–Kier alpha value is -1.56. The molecular weight excluding hydrogens is 230 g/mol. The number of nitrogens with zero attached hydrogens (tertiary/aromatic N) is 3. The summed E-state index contributed by atoms with van der Waals surface area (Å²) in [5, 5.41) is 7.27. The lowest BCUT2D eigenvalue weighted by Gasteiger charge is -2.06. The summed E-state index contributed by atoms with van der Waals surface area (Å²) < 4.78 is 6.81. The Morgan fingerprint density at radius 2 is 2.39 bits per heavy atom. The molecule has 6 heteroatoms. The van der Waals surface area contributed by atoms with E-state index in [1.54, 1.807) is 13.3 Å². The lowest BCUT2D eigenvalue weighted by Crippen LogP contribution is -2.24. The van der Waals surface area contributed by atoms with E-state index in [1.165, 1.54) is 12.8 Å². The fourth-order valence-corrected chi connectivity index (χ4v) is 2.15. The second kappa shape index (κ2) is 6.39. The molecule has 1 fully saturated rings. The quantitative estimate of drug-likeness (QED) is 0.609. The first-order valence-electron chi connectivity index (χ1n) is 6.39. The van der Waals surface area contributed by atoms with Crippen molar-refractivity contribution in [1.29, 1.82) is 0 Å². The molecule has 6 nitrogen and oxygen atoms in total. The van der Waals surface area contributed by atoms with Crippen molar-refractivity contribution < 1.29 is 4.74 Å². The molecule has 1 aromatic heterocycles. The van der Waals surface area contributed by atoms with Gasteiger partial charge in [0.15, 0.2) is 5.96 Å². The van der Waals surface area contributed by atoms with Crippen molar-refractivity contribution in [2.24, 2.45) is 10.7 Å². The minimum Gasteiger partial charge on any atom is -0.383 e. The zero-order valence-electron chi connectivity index (χ0n) is 10.8. The molecule has 2 rings (SSSR count). The number of rotatable bonds is 5. The van der Waals surface area contributed by atoms with Gasteiger partial charge in [0.25, 0.3) is 0 Å². The summed E-state index contributed by atoms with van der Waals surface area (Å²) in [6.45, 7) is 1.38. The van der Waals surface area contributed by atoms with Gasteiger partial charge in [-0.1, -0.05) is 12.8 Å². The molecule has 1 aliphatic carbocycles. The molecule has 0 amide bonds. The molecule has 0 radical (unpaired) electrons. The van der Waals surface area contributed by atoms with Crippen LogP contribution < -0.4 is 11.1 Å². The van der Waals surface area contributed by atoms with Crippen LogP contribution in [0.1, 0.15) is 25.7 Å². The van der Waals surface area contributed by atoms with Gasteiger partial charge in [0.1, 0.15) is 0 Å². The number of aromatic nitrogens is 2. The van der Waals surface area contributed by atoms with Crippen molar-refractivity contribution in [1.82, 2.24) is 9.78 Å². The van der Waals surface area contributed by atoms with E-state index in [1.807, 2.05) is 10.9 Å². The topological polar surface area (TPSA) is 77.5 Å². The normalized spacial score (nSPS) is 17.3. The molecule has 0 bridgehead atoms. The SMILES string of the molecule is COCCn1cc(NC(N)=NC2CCCC2)cn1. The molecule has 0 unspecified atom stereocenters. The van der Waals surface area contributed by atoms with Crippen LogP contribution in [0.15, 0.2) is 17.4 Å². The molecular formula is C12H21N5O. The van der Waals surface area contributed by atoms with Crippen LogP contribution in [0.3, 0.4) is 0 Å². The van der Waals surface area contributed by atoms with Gasteiger partial charge in [-0.15, -0.1) is 0 Å². The third kappa shape index (κ3) is 3.73. The maximum Gasteiger partial charge on any atom is 0.193 e. The predicted molar refractivity (Wildman–Crippen MR) is 71.6 cm³/mol. The Morgan fingerprint density at radius 1 is 1.61 bits per heavy atom. The van der Waals surface area contributed by atoms with Crippen LogP contribution in [-0.2, 0) is 11.3 Å². The van der Waals surface area contributed by atoms with E-state index in [2.05, 4.69) is 15.4 Å². The first-order valence-corrected chi connectivity index (χ1v) is 6.39. The third-order valence-corrected chi connectivity index (χ3v) is 3.08. The van der Waals surface area contributed by atoms with Crippen molar-refractivity contribution in [2.75, 3.05) is 19.0 Å². The number of aliphatic imine (C=N–C) groups is 1. The van der Waals surface area contributed by atoms with E-state index in [0.29, 0.717) is 18.6 Å². The molecule has 18 heavy (non-hydrogen) atoms. The van der Waals surface area contributed by atoms with Gasteiger partial charge in [0, 0.05) is 13.3 Å². The number of anilines is 1. The maximum absolute atomic E-state index is 5.87. The van der Waals surface area contributed by atoms with Crippen molar-refractivity contribution in [3.63, 3.8) is 0 Å². The van der Waals surface area contributed by atoms with E-state index >= 15 is 0 Å². The van der Waals surface area contributed by atoms with Crippen LogP contribution in [0.5, 0.6) is 0 Å². The summed E-state index contributed by atoms with van der Waals surface area (Å²) >= 11 is 0. The van der Waals surface area contributed by atoms with E-state index in [9.17, 15) is 0 Å². The van der Waals surface area contributed by atoms with Crippen LogP contribution in [-0.4, -0.2) is 35.5 Å². The lowest BCUT2D eigenvalue weighted by atomic mass is 10.3. The van der Waals surface area contributed by atoms with Gasteiger partial charge < -0.3 is 15.8 Å². The van der Waals surface area contributed by atoms with Crippen LogP contribution >= 0.6 is 0 Å². The first-order chi connectivity index (χ1) is 8.78. The van der Waals surface area contributed by atoms with Gasteiger partial charge in [-0.2, -0.15) is 5.10 Å². The monoisotopic (exact) mass is 251 g/mol. The average Bonchev–Trinajstić information content (AvgIpc) is 2.98. The highest BCUT2D eigenvalue weighted by Gasteiger charge is 2.14. The van der Waals surface area contributed by atoms with E-state index in [4.69, 9.17) is 10.5 Å². The average molecular weight is 251 g/mol. The summed E-state index contributed by atoms with van der Waals surface area (Å²) in [6, 6.07) is 0.390. The van der Waals surface area contributed by atoms with Crippen molar-refractivity contribution in [3.8, 4) is 0 Å². The van der Waals surface area contributed by atoms with Gasteiger partial charge >= 0.3 is 0 Å². The molecule has 1 aliphatic rings. The molecule has 0 aliphatic heterocycles. The number of methoxy groups -OCH3 is 1. The summed E-state index contributed by atoms with van der Waals surface area (Å²) in [5.74, 6) is 0.480. The van der Waals surface area contributed by atoms with E-state index < -0.39 is 0 Å². The third-order valence-electron chi connectivity index (χ3n) is 3.08. The minimum absolute atomic E-state index is 0.390. The molecule has 0 aromatic carbocycles. The number of nitrogens with two attached hydrogens (primary N) is 1. The summed E-state index contributed by atoms with van der Waals surface area (Å²) in [7, 11) is 1.68. The molecule has 1 heterocycles. The molecule has 100 valence electrons. The molecule has 0 atom stereocenters. The standard InChI is InChI=1S/C12H21N5O/c1-18-7-6-17-9-11(8-14-17)16-12(13)15-10-4-2-3-5-10/h8-10H,2-7H2,1H3,(H3,13,15,16). The Balaban J connectivity index is 1.86. The summed E-state index contributed by atoms with van der Waals surface area (Å²) in [5.41, 5.74) is 6.74. The molecule has 3 N–H and O–H groups in total. The smallest absolute Gasteiger partial charge is 0.193 e. The van der Waals surface area contributed by atoms with Crippen molar-refractivity contribution >= 4 is 11.6 Å². The van der Waals surface area contributed by atoms with Crippen molar-refractivity contribution in [2.45, 2.75) is 38.3 Å². The van der Waals surface area contributed by atoms with E-state index in [-0.39, 0.29) is 0 Å². The van der Waals surface area contributed by atoms with E-state index in [0.717, 1.165) is 25.1 Å². The minimum atomic E-state index is 0.390. The summed E-state index contributed by atoms with van der Waals surface area (Å²) in [6.07, 6.45) is 8.46. The van der Waals surface area contributed by atoms with Gasteiger partial charge in [-0.3, -0.25) is 4.68 Å². The Bertz CT molecular complexity index is 395. The second-order valence-corrected chi connectivity index (χ2v) is 4.56. The number of nitrogens with one attached hydrogen (secondary N) is 1. The van der Waals surface area contributed by atoms with Gasteiger partial charge in [0.2, 0.25) is 0 Å². The number of hydrogen-bond donors (Lipinski definition) is 2. The highest BCUT2D eigenvalue weighted by molar-refractivity contribution is 5.92. The van der Waals surface area contributed by atoms with Crippen LogP contribution in [0.4, 0.5) is 5.69 Å². The largest absolute Gasteiger partial charge is 0.383 e. The molecule has 0 spiro atoms. The Labute approximate surface area is 107 Å². The van der Waals surface area contributed by atoms with Gasteiger partial charge in [-0.25, -0.2) is 4.99 Å². The summed E-state index contributed by atoms with van der Waals surface area (Å²) in [4.78, 5) is 4.46.